The Hall–Kier alpha value is -3.03. The smallest absolute Gasteiger partial charge is 0.324 e. The summed E-state index contributed by atoms with van der Waals surface area (Å²) in [4.78, 5) is 32.1. The molecule has 0 radical (unpaired) electrons. The number of pyridine rings is 2. The molecule has 296 valence electrons. The highest BCUT2D eigenvalue weighted by Gasteiger charge is 2.29. The molecule has 8 heterocycles. The van der Waals surface area contributed by atoms with Gasteiger partial charge in [0.1, 0.15) is 36.0 Å². The number of rotatable bonds is 8. The summed E-state index contributed by atoms with van der Waals surface area (Å²) in [6.07, 6.45) is 3.90. The fourth-order valence-corrected chi connectivity index (χ4v) is 8.86. The molecule has 55 heavy (non-hydrogen) atoms. The quantitative estimate of drug-likeness (QED) is 0.143. The number of fused-ring (bicyclic) bond motifs is 2. The molecule has 1 N–H and O–H groups in total. The van der Waals surface area contributed by atoms with Crippen molar-refractivity contribution in [3.05, 3.63) is 49.6 Å². The standard InChI is InChI=1S/C18H22BrN5O2S.C12H21N3O2.C6H2BrClN2S/c1-10(2)15-22-17(26-23-15)24-8-6-12(7-9-24)11(3)25-18-20-13-4-5-14(19)21-16(13)27-18;1-8(2)11-13-12(17-14-11)15-6-4-10(5-7-15)9(3)16;7-4-2-1-3-5(10-4)11-6(8)9-3/h4-5,10-12H,6-9H2,1-3H3;8-10,16H,4-7H2,1-3H3;1-2H/t11-;9-;/m00./s1. The number of hydrogen-bond donors (Lipinski definition) is 1. The molecule has 0 aliphatic carbocycles. The predicted molar refractivity (Wildman–Crippen MR) is 224 cm³/mol. The van der Waals surface area contributed by atoms with E-state index in [2.05, 4.69) is 103 Å². The van der Waals surface area contributed by atoms with E-state index in [0.29, 0.717) is 39.4 Å². The Morgan fingerprint density at radius 2 is 1.16 bits per heavy atom. The highest BCUT2D eigenvalue weighted by Crippen LogP contribution is 2.32. The van der Waals surface area contributed by atoms with Crippen LogP contribution >= 0.6 is 66.1 Å². The van der Waals surface area contributed by atoms with Crippen molar-refractivity contribution in [1.29, 1.82) is 0 Å². The van der Waals surface area contributed by atoms with Gasteiger partial charge in [-0.1, -0.05) is 72.3 Å². The minimum Gasteiger partial charge on any atom is -0.467 e. The van der Waals surface area contributed by atoms with Crippen molar-refractivity contribution in [1.82, 2.24) is 40.2 Å². The van der Waals surface area contributed by atoms with E-state index >= 15 is 0 Å². The average Bonchev–Trinajstić information content (AvgIpc) is 3.98. The van der Waals surface area contributed by atoms with Gasteiger partial charge in [-0.15, -0.1) is 0 Å². The van der Waals surface area contributed by atoms with Crippen molar-refractivity contribution >= 4 is 98.9 Å². The first-order chi connectivity index (χ1) is 26.3. The van der Waals surface area contributed by atoms with Gasteiger partial charge < -0.3 is 28.7 Å². The third kappa shape index (κ3) is 11.1. The van der Waals surface area contributed by atoms with Gasteiger partial charge in [-0.05, 0) is 107 Å². The van der Waals surface area contributed by atoms with Crippen molar-refractivity contribution in [2.45, 2.75) is 91.3 Å². The zero-order valence-electron chi connectivity index (χ0n) is 31.5. The summed E-state index contributed by atoms with van der Waals surface area (Å²) in [5.41, 5.74) is 1.72. The third-order valence-corrected chi connectivity index (χ3v) is 12.4. The molecule has 2 fully saturated rings. The summed E-state index contributed by atoms with van der Waals surface area (Å²) in [5, 5.41) is 18.3. The van der Waals surface area contributed by atoms with E-state index in [1.165, 1.54) is 22.7 Å². The number of ether oxygens (including phenoxy) is 1. The Kier molecular flexibility index (Phi) is 14.3. The normalized spacial score (nSPS) is 16.7. The maximum atomic E-state index is 9.54. The van der Waals surface area contributed by atoms with E-state index in [1.807, 2.05) is 45.0 Å². The van der Waals surface area contributed by atoms with Crippen LogP contribution in [0.2, 0.25) is 4.47 Å². The molecule has 6 aromatic rings. The molecular weight excluding hydrogens is 896 g/mol. The van der Waals surface area contributed by atoms with E-state index in [4.69, 9.17) is 25.4 Å². The Labute approximate surface area is 349 Å². The molecule has 2 aliphatic rings. The molecule has 0 unspecified atom stereocenters. The van der Waals surface area contributed by atoms with E-state index in [9.17, 15) is 5.11 Å². The number of aromatic nitrogens is 8. The lowest BCUT2D eigenvalue weighted by Crippen LogP contribution is -2.38. The van der Waals surface area contributed by atoms with Crippen molar-refractivity contribution in [3.8, 4) is 5.19 Å². The highest BCUT2D eigenvalue weighted by molar-refractivity contribution is 9.10. The van der Waals surface area contributed by atoms with Gasteiger partial charge in [-0.2, -0.15) is 9.97 Å². The number of aliphatic hydroxyl groups excluding tert-OH is 1. The summed E-state index contributed by atoms with van der Waals surface area (Å²) in [6, 6.07) is 8.83. The molecule has 0 spiro atoms. The summed E-state index contributed by atoms with van der Waals surface area (Å²) < 4.78 is 19.0. The summed E-state index contributed by atoms with van der Waals surface area (Å²) in [7, 11) is 0. The first-order valence-electron chi connectivity index (χ1n) is 18.4. The Morgan fingerprint density at radius 3 is 1.64 bits per heavy atom. The SMILES string of the molecule is CC(C)c1noc(N2CCC([C@H](C)O)CC2)n1.CC(C)c1noc(N2CCC([C@H](C)Oc3nc4ccc(Br)nc4s3)CC2)n1.Clc1nc2ccc(Br)nc2s1. The fourth-order valence-electron chi connectivity index (χ4n) is 6.16. The first kappa shape index (κ1) is 41.6. The van der Waals surface area contributed by atoms with E-state index in [0.717, 1.165) is 93.4 Å². The number of piperidine rings is 2. The number of halogens is 3. The van der Waals surface area contributed by atoms with E-state index < -0.39 is 0 Å². The molecule has 19 heteroatoms. The maximum Gasteiger partial charge on any atom is 0.324 e. The first-order valence-corrected chi connectivity index (χ1v) is 22.0. The minimum atomic E-state index is -0.217. The monoisotopic (exact) mass is 938 g/mol. The Morgan fingerprint density at radius 1 is 0.691 bits per heavy atom. The van der Waals surface area contributed by atoms with Gasteiger partial charge in [-0.3, -0.25) is 0 Å². The number of aliphatic hydroxyl groups is 1. The second-order valence-electron chi connectivity index (χ2n) is 14.3. The van der Waals surface area contributed by atoms with Gasteiger partial charge in [0, 0.05) is 38.0 Å². The molecule has 2 aliphatic heterocycles. The molecule has 2 saturated heterocycles. The topological polar surface area (TPSA) is 165 Å². The number of anilines is 2. The lowest BCUT2D eigenvalue weighted by Gasteiger charge is -2.33. The molecule has 8 rings (SSSR count). The molecule has 0 amide bonds. The van der Waals surface area contributed by atoms with Gasteiger partial charge in [0.15, 0.2) is 16.1 Å². The maximum absolute atomic E-state index is 9.54. The van der Waals surface area contributed by atoms with Crippen LogP contribution in [0.25, 0.3) is 20.7 Å². The lowest BCUT2D eigenvalue weighted by molar-refractivity contribution is 0.109. The summed E-state index contributed by atoms with van der Waals surface area (Å²) in [6.45, 7) is 15.8. The van der Waals surface area contributed by atoms with Crippen molar-refractivity contribution < 1.29 is 18.9 Å². The predicted octanol–water partition coefficient (Wildman–Crippen LogP) is 9.54. The van der Waals surface area contributed by atoms with Crippen molar-refractivity contribution in [3.63, 3.8) is 0 Å². The average molecular weight is 941 g/mol. The minimum absolute atomic E-state index is 0.102. The van der Waals surface area contributed by atoms with Crippen LogP contribution in [0.15, 0.2) is 42.5 Å². The van der Waals surface area contributed by atoms with Crippen LogP contribution in [0.5, 0.6) is 5.19 Å². The van der Waals surface area contributed by atoms with Crippen molar-refractivity contribution in [2.75, 3.05) is 36.0 Å². The molecule has 0 saturated carbocycles. The lowest BCUT2D eigenvalue weighted by atomic mass is 9.92. The van der Waals surface area contributed by atoms with Gasteiger partial charge in [0.25, 0.3) is 5.19 Å². The van der Waals surface area contributed by atoms with Crippen molar-refractivity contribution in [2.24, 2.45) is 11.8 Å². The Bertz CT molecular complexity index is 2130. The van der Waals surface area contributed by atoms with Crippen LogP contribution in [0.1, 0.15) is 90.7 Å². The summed E-state index contributed by atoms with van der Waals surface area (Å²) >= 11 is 15.2. The van der Waals surface area contributed by atoms with Gasteiger partial charge in [0.2, 0.25) is 0 Å². The second-order valence-corrected chi connectivity index (χ2v) is 18.4. The summed E-state index contributed by atoms with van der Waals surface area (Å²) in [5.74, 6) is 2.97. The van der Waals surface area contributed by atoms with Crippen LogP contribution < -0.4 is 14.5 Å². The number of hydrogen-bond acceptors (Lipinski definition) is 16. The zero-order valence-corrected chi connectivity index (χ0v) is 37.1. The van der Waals surface area contributed by atoms with E-state index in [-0.39, 0.29) is 18.1 Å². The van der Waals surface area contributed by atoms with Crippen LogP contribution in [0, 0.1) is 11.8 Å². The number of nitrogens with zero attached hydrogens (tertiary/aromatic N) is 10. The van der Waals surface area contributed by atoms with Gasteiger partial charge in [-0.25, -0.2) is 19.9 Å². The molecule has 2 atom stereocenters. The van der Waals surface area contributed by atoms with Crippen LogP contribution in [0.4, 0.5) is 12.0 Å². The van der Waals surface area contributed by atoms with E-state index in [1.54, 1.807) is 0 Å². The molecule has 14 nitrogen and oxygen atoms in total. The highest BCUT2D eigenvalue weighted by atomic mass is 79.9. The fraction of sp³-hybridized carbons (Fsp3) is 0.556. The van der Waals surface area contributed by atoms with Crippen LogP contribution in [0.3, 0.4) is 0 Å². The zero-order chi connectivity index (χ0) is 39.2. The Balaban J connectivity index is 0.000000156. The number of thiazole rings is 2. The van der Waals surface area contributed by atoms with Gasteiger partial charge in [0.05, 0.1) is 6.10 Å². The molecular formula is C36H45Br2ClN10O4S2. The third-order valence-electron chi connectivity index (χ3n) is 9.55. The largest absolute Gasteiger partial charge is 0.467 e. The second kappa shape index (κ2) is 18.9. The molecule has 6 aromatic heterocycles. The van der Waals surface area contributed by atoms with Crippen LogP contribution in [-0.2, 0) is 0 Å². The van der Waals surface area contributed by atoms with Gasteiger partial charge >= 0.3 is 12.0 Å². The molecule has 0 bridgehead atoms. The molecule has 0 aromatic carbocycles. The van der Waals surface area contributed by atoms with Crippen LogP contribution in [-0.4, -0.2) is 83.7 Å².